The highest BCUT2D eigenvalue weighted by Crippen LogP contribution is 2.20. The third-order valence-corrected chi connectivity index (χ3v) is 2.32. The van der Waals surface area contributed by atoms with Crippen LogP contribution in [0, 0.1) is 0 Å². The van der Waals surface area contributed by atoms with Gasteiger partial charge >= 0.3 is 0 Å². The topological polar surface area (TPSA) is 89.3 Å². The summed E-state index contributed by atoms with van der Waals surface area (Å²) in [5.74, 6) is 1.14. The molecule has 2 heterocycles. The van der Waals surface area contributed by atoms with Gasteiger partial charge in [0.2, 0.25) is 0 Å². The van der Waals surface area contributed by atoms with Crippen LogP contribution in [-0.4, -0.2) is 24.7 Å². The Morgan fingerprint density at radius 1 is 1.29 bits per heavy atom. The molecule has 3 rings (SSSR count). The lowest BCUT2D eigenvalue weighted by Gasteiger charge is -1.94. The number of nitrogens with two attached hydrogens (primary N) is 1. The molecule has 0 amide bonds. The van der Waals surface area contributed by atoms with Crippen molar-refractivity contribution in [2.45, 2.75) is 0 Å². The molecule has 0 bridgehead atoms. The van der Waals surface area contributed by atoms with Crippen LogP contribution in [0.2, 0.25) is 0 Å². The van der Waals surface area contributed by atoms with Crippen molar-refractivity contribution in [2.24, 2.45) is 0 Å². The maximum absolute atomic E-state index is 9.40. The molecule has 0 radical (unpaired) electrons. The summed E-state index contributed by atoms with van der Waals surface area (Å²) in [6.45, 7) is 0. The Morgan fingerprint density at radius 2 is 2.18 bits per heavy atom. The average molecular weight is 227 g/mol. The van der Waals surface area contributed by atoms with Gasteiger partial charge in [-0.1, -0.05) is 12.1 Å². The van der Waals surface area contributed by atoms with Gasteiger partial charge in [0, 0.05) is 5.56 Å². The van der Waals surface area contributed by atoms with Gasteiger partial charge < -0.3 is 10.8 Å². The van der Waals surface area contributed by atoms with Crippen LogP contribution in [-0.2, 0) is 0 Å². The molecule has 0 aliphatic carbocycles. The molecule has 0 aliphatic rings. The summed E-state index contributed by atoms with van der Waals surface area (Å²) >= 11 is 0. The molecule has 0 unspecified atom stereocenters. The maximum atomic E-state index is 9.40. The number of anilines is 1. The highest BCUT2D eigenvalue weighted by molar-refractivity contribution is 5.59. The van der Waals surface area contributed by atoms with E-state index in [1.165, 1.54) is 10.7 Å². The van der Waals surface area contributed by atoms with Crippen LogP contribution in [0.15, 0.2) is 36.7 Å². The van der Waals surface area contributed by atoms with E-state index >= 15 is 0 Å². The molecule has 2 aromatic heterocycles. The van der Waals surface area contributed by atoms with Crippen molar-refractivity contribution >= 4 is 11.5 Å². The summed E-state index contributed by atoms with van der Waals surface area (Å²) < 4.78 is 1.51. The second-order valence-corrected chi connectivity index (χ2v) is 3.62. The molecule has 0 saturated carbocycles. The predicted molar refractivity (Wildman–Crippen MR) is 62.3 cm³/mol. The number of hydrogen-bond acceptors (Lipinski definition) is 5. The van der Waals surface area contributed by atoms with E-state index in [4.69, 9.17) is 5.73 Å². The Morgan fingerprint density at radius 3 is 3.00 bits per heavy atom. The quantitative estimate of drug-likeness (QED) is 0.649. The molecule has 0 atom stereocenters. The molecule has 1 aromatic carbocycles. The Hall–Kier alpha value is -2.63. The number of nitrogens with zero attached hydrogens (tertiary/aromatic N) is 4. The predicted octanol–water partition coefficient (Wildman–Crippen LogP) is 1.08. The van der Waals surface area contributed by atoms with Gasteiger partial charge in [-0.05, 0) is 12.1 Å². The van der Waals surface area contributed by atoms with Gasteiger partial charge in [0.25, 0.3) is 5.78 Å². The van der Waals surface area contributed by atoms with E-state index in [0.29, 0.717) is 17.3 Å². The second kappa shape index (κ2) is 3.44. The fraction of sp³-hybridized carbons (Fsp3) is 0. The largest absolute Gasteiger partial charge is 0.508 e. The number of aromatic nitrogens is 4. The number of phenols is 1. The number of benzene rings is 1. The van der Waals surface area contributed by atoms with Gasteiger partial charge in [-0.3, -0.25) is 0 Å². The summed E-state index contributed by atoms with van der Waals surface area (Å²) in [7, 11) is 0. The number of phenolic OH excluding ortho intramolecular Hbond substituents is 1. The third kappa shape index (κ3) is 1.65. The number of aromatic hydroxyl groups is 1. The SMILES string of the molecule is Nc1cnc2nc(-c3cccc(O)c3)nn2c1. The normalized spacial score (nSPS) is 10.8. The Bertz CT molecular complexity index is 691. The van der Waals surface area contributed by atoms with Crippen molar-refractivity contribution in [3.8, 4) is 17.1 Å². The molecule has 6 heteroatoms. The zero-order valence-corrected chi connectivity index (χ0v) is 8.78. The lowest BCUT2D eigenvalue weighted by molar-refractivity contribution is 0.475. The molecule has 3 N–H and O–H groups in total. The Kier molecular flexibility index (Phi) is 1.94. The minimum Gasteiger partial charge on any atom is -0.508 e. The van der Waals surface area contributed by atoms with Gasteiger partial charge in [-0.15, -0.1) is 5.10 Å². The Balaban J connectivity index is 2.18. The third-order valence-electron chi connectivity index (χ3n) is 2.32. The zero-order chi connectivity index (χ0) is 11.8. The van der Waals surface area contributed by atoms with Crippen LogP contribution in [0.25, 0.3) is 17.2 Å². The molecule has 3 aromatic rings. The molecule has 0 saturated heterocycles. The van der Waals surface area contributed by atoms with E-state index in [9.17, 15) is 5.11 Å². The number of nitrogen functional groups attached to an aromatic ring is 1. The standard InChI is InChI=1S/C11H9N5O/c12-8-5-13-11-14-10(15-16(11)6-8)7-2-1-3-9(17)4-7/h1-6,17H,12H2. The second-order valence-electron chi connectivity index (χ2n) is 3.62. The number of rotatable bonds is 1. The van der Waals surface area contributed by atoms with E-state index in [0.717, 1.165) is 5.56 Å². The minimum absolute atomic E-state index is 0.175. The molecular weight excluding hydrogens is 218 g/mol. The summed E-state index contributed by atoms with van der Waals surface area (Å²) in [5.41, 5.74) is 6.85. The monoisotopic (exact) mass is 227 g/mol. The fourth-order valence-corrected chi connectivity index (χ4v) is 1.56. The first-order chi connectivity index (χ1) is 8.22. The number of hydrogen-bond donors (Lipinski definition) is 2. The first-order valence-electron chi connectivity index (χ1n) is 5.00. The van der Waals surface area contributed by atoms with Crippen LogP contribution in [0.1, 0.15) is 0 Å². The van der Waals surface area contributed by atoms with Crippen molar-refractivity contribution < 1.29 is 5.11 Å². The van der Waals surface area contributed by atoms with Crippen molar-refractivity contribution in [3.63, 3.8) is 0 Å². The highest BCUT2D eigenvalue weighted by atomic mass is 16.3. The van der Waals surface area contributed by atoms with E-state index in [2.05, 4.69) is 15.1 Å². The van der Waals surface area contributed by atoms with Gasteiger partial charge in [0.1, 0.15) is 5.75 Å². The summed E-state index contributed by atoms with van der Waals surface area (Å²) in [4.78, 5) is 8.29. The minimum atomic E-state index is 0.175. The van der Waals surface area contributed by atoms with Crippen LogP contribution in [0.4, 0.5) is 5.69 Å². The van der Waals surface area contributed by atoms with Crippen LogP contribution in [0.5, 0.6) is 5.75 Å². The summed E-state index contributed by atoms with van der Waals surface area (Å²) in [6, 6.07) is 6.74. The molecule has 0 aliphatic heterocycles. The lowest BCUT2D eigenvalue weighted by Crippen LogP contribution is -1.94. The first-order valence-corrected chi connectivity index (χ1v) is 5.00. The first kappa shape index (κ1) is 9.59. The maximum Gasteiger partial charge on any atom is 0.252 e. The van der Waals surface area contributed by atoms with E-state index in [1.54, 1.807) is 24.4 Å². The average Bonchev–Trinajstić information content (AvgIpc) is 2.72. The van der Waals surface area contributed by atoms with Gasteiger partial charge in [-0.2, -0.15) is 4.98 Å². The van der Waals surface area contributed by atoms with Crippen LogP contribution < -0.4 is 5.73 Å². The van der Waals surface area contributed by atoms with Crippen LogP contribution in [0.3, 0.4) is 0 Å². The van der Waals surface area contributed by atoms with E-state index in [-0.39, 0.29) is 5.75 Å². The van der Waals surface area contributed by atoms with Crippen LogP contribution >= 0.6 is 0 Å². The molecule has 17 heavy (non-hydrogen) atoms. The molecule has 0 spiro atoms. The summed E-state index contributed by atoms with van der Waals surface area (Å²) in [6.07, 6.45) is 3.16. The highest BCUT2D eigenvalue weighted by Gasteiger charge is 2.07. The lowest BCUT2D eigenvalue weighted by atomic mass is 10.2. The zero-order valence-electron chi connectivity index (χ0n) is 8.78. The van der Waals surface area contributed by atoms with Gasteiger partial charge in [-0.25, -0.2) is 9.50 Å². The van der Waals surface area contributed by atoms with E-state index in [1.807, 2.05) is 6.07 Å². The van der Waals surface area contributed by atoms with Gasteiger partial charge in [0.15, 0.2) is 5.82 Å². The van der Waals surface area contributed by atoms with Crippen molar-refractivity contribution in [2.75, 3.05) is 5.73 Å². The fourth-order valence-electron chi connectivity index (χ4n) is 1.56. The summed E-state index contributed by atoms with van der Waals surface area (Å²) in [5, 5.41) is 13.6. The van der Waals surface area contributed by atoms with E-state index < -0.39 is 0 Å². The molecular formula is C11H9N5O. The molecule has 0 fully saturated rings. The van der Waals surface area contributed by atoms with Crippen molar-refractivity contribution in [3.05, 3.63) is 36.7 Å². The number of fused-ring (bicyclic) bond motifs is 1. The molecule has 84 valence electrons. The Labute approximate surface area is 96.4 Å². The van der Waals surface area contributed by atoms with Crippen molar-refractivity contribution in [1.82, 2.24) is 19.6 Å². The van der Waals surface area contributed by atoms with Gasteiger partial charge in [0.05, 0.1) is 18.1 Å². The molecule has 6 nitrogen and oxygen atoms in total. The smallest absolute Gasteiger partial charge is 0.252 e. The van der Waals surface area contributed by atoms with Crippen molar-refractivity contribution in [1.29, 1.82) is 0 Å².